The molecule has 1 aliphatic heterocycles. The zero-order valence-corrected chi connectivity index (χ0v) is 7.79. The molecule has 0 radical (unpaired) electrons. The molecule has 0 saturated carbocycles. The summed E-state index contributed by atoms with van der Waals surface area (Å²) in [5.41, 5.74) is 0. The van der Waals surface area contributed by atoms with Crippen molar-refractivity contribution in [2.45, 2.75) is 19.3 Å². The van der Waals surface area contributed by atoms with Crippen molar-refractivity contribution < 1.29 is 0 Å². The average molecular weight is 167 g/mol. The molecule has 1 rings (SSSR count). The van der Waals surface area contributed by atoms with Crippen molar-refractivity contribution >= 4 is 6.01 Å². The molecule has 0 atom stereocenters. The summed E-state index contributed by atoms with van der Waals surface area (Å²) in [6.07, 6.45) is 3.89. The van der Waals surface area contributed by atoms with E-state index in [1.54, 1.807) is 7.05 Å². The van der Waals surface area contributed by atoms with Crippen LogP contribution < -0.4 is 0 Å². The Labute approximate surface area is 74.2 Å². The van der Waals surface area contributed by atoms with Crippen molar-refractivity contribution in [3.63, 3.8) is 0 Å². The molecule has 3 heteroatoms. The Bertz CT molecular complexity index is 165. The van der Waals surface area contributed by atoms with Crippen LogP contribution in [0.15, 0.2) is 9.98 Å². The fourth-order valence-corrected chi connectivity index (χ4v) is 1.50. The molecule has 0 amide bonds. The highest BCUT2D eigenvalue weighted by molar-refractivity contribution is 5.40. The van der Waals surface area contributed by atoms with E-state index in [2.05, 4.69) is 20.9 Å². The molecule has 0 aliphatic carbocycles. The van der Waals surface area contributed by atoms with E-state index >= 15 is 0 Å². The van der Waals surface area contributed by atoms with Crippen LogP contribution in [0.25, 0.3) is 0 Å². The predicted molar refractivity (Wildman–Crippen MR) is 50.9 cm³/mol. The summed E-state index contributed by atoms with van der Waals surface area (Å²) in [6.45, 7) is 4.62. The summed E-state index contributed by atoms with van der Waals surface area (Å²) in [5.74, 6) is 0. The van der Waals surface area contributed by atoms with Crippen LogP contribution in [0.1, 0.15) is 19.3 Å². The number of hydrogen-bond donors (Lipinski definition) is 0. The highest BCUT2D eigenvalue weighted by atomic mass is 15.1. The van der Waals surface area contributed by atoms with Crippen LogP contribution in [0.3, 0.4) is 0 Å². The van der Waals surface area contributed by atoms with Gasteiger partial charge in [-0.25, -0.2) is 9.98 Å². The average Bonchev–Trinajstić information content (AvgIpc) is 2.57. The van der Waals surface area contributed by atoms with Gasteiger partial charge in [-0.1, -0.05) is 0 Å². The van der Waals surface area contributed by atoms with Gasteiger partial charge in [0.15, 0.2) is 0 Å². The van der Waals surface area contributed by atoms with Crippen LogP contribution in [0.2, 0.25) is 0 Å². The minimum Gasteiger partial charge on any atom is -0.303 e. The number of nitrogens with zero attached hydrogens (tertiary/aromatic N) is 3. The van der Waals surface area contributed by atoms with Crippen molar-refractivity contribution in [3.05, 3.63) is 0 Å². The third-order valence-electron chi connectivity index (χ3n) is 2.11. The zero-order valence-electron chi connectivity index (χ0n) is 7.79. The lowest BCUT2D eigenvalue weighted by atomic mass is 10.4. The summed E-state index contributed by atoms with van der Waals surface area (Å²) in [7, 11) is 1.70. The second-order valence-corrected chi connectivity index (χ2v) is 3.11. The summed E-state index contributed by atoms with van der Waals surface area (Å²) in [6, 6.07) is 2.61. The van der Waals surface area contributed by atoms with Crippen LogP contribution in [-0.4, -0.2) is 44.1 Å². The lowest BCUT2D eigenvalue weighted by Crippen LogP contribution is -2.20. The van der Waals surface area contributed by atoms with Crippen molar-refractivity contribution in [1.82, 2.24) is 4.90 Å². The lowest BCUT2D eigenvalue weighted by molar-refractivity contribution is 0.336. The molecule has 0 unspecified atom stereocenters. The first-order chi connectivity index (χ1) is 5.93. The Balaban J connectivity index is 1.98. The topological polar surface area (TPSA) is 28.0 Å². The van der Waals surface area contributed by atoms with Gasteiger partial charge in [-0.15, -0.1) is 0 Å². The van der Waals surface area contributed by atoms with E-state index in [0.717, 1.165) is 13.0 Å². The third-order valence-corrected chi connectivity index (χ3v) is 2.11. The summed E-state index contributed by atoms with van der Waals surface area (Å²) in [4.78, 5) is 10.2. The van der Waals surface area contributed by atoms with Gasteiger partial charge in [0.25, 0.3) is 0 Å². The van der Waals surface area contributed by atoms with Crippen molar-refractivity contribution in [2.24, 2.45) is 9.98 Å². The maximum atomic E-state index is 4.01. The van der Waals surface area contributed by atoms with E-state index < -0.39 is 0 Å². The second kappa shape index (κ2) is 5.92. The second-order valence-electron chi connectivity index (χ2n) is 3.11. The summed E-state index contributed by atoms with van der Waals surface area (Å²) < 4.78 is 0. The maximum absolute atomic E-state index is 4.01. The van der Waals surface area contributed by atoms with Gasteiger partial charge in [-0.05, 0) is 38.9 Å². The minimum atomic E-state index is 0.869. The highest BCUT2D eigenvalue weighted by Gasteiger charge is 2.09. The smallest absolute Gasteiger partial charge is 0.0889 e. The molecular formula is C9H17N3. The van der Waals surface area contributed by atoms with E-state index in [-0.39, 0.29) is 0 Å². The van der Waals surface area contributed by atoms with Gasteiger partial charge in [-0.3, -0.25) is 0 Å². The standard InChI is InChI=1S/C9H17N3/c1-10-9-11-5-4-8-12-6-2-3-7-12/h2-8H2,1H3. The third kappa shape index (κ3) is 3.65. The van der Waals surface area contributed by atoms with Crippen LogP contribution in [0, 0.1) is 0 Å². The molecule has 0 N–H and O–H groups in total. The molecule has 0 aromatic rings. The van der Waals surface area contributed by atoms with E-state index in [1.807, 2.05) is 0 Å². The maximum Gasteiger partial charge on any atom is 0.0889 e. The minimum absolute atomic E-state index is 0.869. The van der Waals surface area contributed by atoms with E-state index in [9.17, 15) is 0 Å². The molecular weight excluding hydrogens is 150 g/mol. The number of rotatable bonds is 4. The fraction of sp³-hybridized carbons (Fsp3) is 0.889. The molecule has 1 aliphatic rings. The Kier molecular flexibility index (Phi) is 4.65. The fourth-order valence-electron chi connectivity index (χ4n) is 1.50. The highest BCUT2D eigenvalue weighted by Crippen LogP contribution is 2.06. The molecule has 0 aromatic heterocycles. The Morgan fingerprint density at radius 3 is 2.75 bits per heavy atom. The molecule has 12 heavy (non-hydrogen) atoms. The predicted octanol–water partition coefficient (Wildman–Crippen LogP) is 1.28. The summed E-state index contributed by atoms with van der Waals surface area (Å²) in [5, 5.41) is 0. The molecule has 0 spiro atoms. The van der Waals surface area contributed by atoms with Crippen LogP contribution >= 0.6 is 0 Å². The van der Waals surface area contributed by atoms with Gasteiger partial charge in [0.1, 0.15) is 0 Å². The molecule has 1 saturated heterocycles. The lowest BCUT2D eigenvalue weighted by Gasteiger charge is -2.12. The van der Waals surface area contributed by atoms with Gasteiger partial charge in [0, 0.05) is 7.05 Å². The molecule has 3 nitrogen and oxygen atoms in total. The van der Waals surface area contributed by atoms with Gasteiger partial charge >= 0.3 is 0 Å². The van der Waals surface area contributed by atoms with Gasteiger partial charge in [0.2, 0.25) is 0 Å². The summed E-state index contributed by atoms with van der Waals surface area (Å²) >= 11 is 0. The van der Waals surface area contributed by atoms with Crippen LogP contribution in [-0.2, 0) is 0 Å². The SMILES string of the molecule is CN=C=NCCCN1CCCC1. The van der Waals surface area contributed by atoms with E-state index in [4.69, 9.17) is 0 Å². The first-order valence-electron chi connectivity index (χ1n) is 4.66. The van der Waals surface area contributed by atoms with Gasteiger partial charge < -0.3 is 4.90 Å². The monoisotopic (exact) mass is 167 g/mol. The number of hydrogen-bond acceptors (Lipinski definition) is 3. The first kappa shape index (κ1) is 9.43. The van der Waals surface area contributed by atoms with E-state index in [0.29, 0.717) is 0 Å². The zero-order chi connectivity index (χ0) is 8.65. The Morgan fingerprint density at radius 1 is 1.33 bits per heavy atom. The number of likely N-dealkylation sites (tertiary alicyclic amines) is 1. The van der Waals surface area contributed by atoms with Crippen LogP contribution in [0.5, 0.6) is 0 Å². The van der Waals surface area contributed by atoms with Gasteiger partial charge in [-0.2, -0.15) is 0 Å². The Hall–Kier alpha value is -0.660. The molecule has 1 heterocycles. The van der Waals surface area contributed by atoms with Gasteiger partial charge in [0.05, 0.1) is 12.6 Å². The molecule has 68 valence electrons. The number of aliphatic imine (C=N–C) groups is 2. The van der Waals surface area contributed by atoms with Crippen LogP contribution in [0.4, 0.5) is 0 Å². The van der Waals surface area contributed by atoms with Crippen molar-refractivity contribution in [3.8, 4) is 0 Å². The first-order valence-corrected chi connectivity index (χ1v) is 4.66. The Morgan fingerprint density at radius 2 is 2.08 bits per heavy atom. The van der Waals surface area contributed by atoms with E-state index in [1.165, 1.54) is 32.5 Å². The molecule has 0 bridgehead atoms. The quantitative estimate of drug-likeness (QED) is 0.458. The normalized spacial score (nSPS) is 17.4. The molecule has 1 fully saturated rings. The van der Waals surface area contributed by atoms with Crippen molar-refractivity contribution in [1.29, 1.82) is 0 Å². The largest absolute Gasteiger partial charge is 0.303 e. The van der Waals surface area contributed by atoms with Crippen molar-refractivity contribution in [2.75, 3.05) is 33.2 Å². The molecule has 0 aromatic carbocycles.